The molecule has 0 fully saturated rings. The van der Waals surface area contributed by atoms with Gasteiger partial charge in [-0.15, -0.1) is 10.2 Å². The number of para-hydroxylation sites is 1. The van der Waals surface area contributed by atoms with Gasteiger partial charge in [0.1, 0.15) is 16.9 Å². The van der Waals surface area contributed by atoms with Crippen molar-refractivity contribution in [3.63, 3.8) is 0 Å². The first kappa shape index (κ1) is 24.2. The van der Waals surface area contributed by atoms with Gasteiger partial charge < -0.3 is 14.5 Å². The lowest BCUT2D eigenvalue weighted by Gasteiger charge is -2.12. The number of nitrogens with one attached hydrogen (secondary N) is 1. The Morgan fingerprint density at radius 3 is 2.66 bits per heavy atom. The third kappa shape index (κ3) is 4.64. The summed E-state index contributed by atoms with van der Waals surface area (Å²) in [7, 11) is 1.58. The molecule has 0 bridgehead atoms. The quantitative estimate of drug-likeness (QED) is 0.207. The summed E-state index contributed by atoms with van der Waals surface area (Å²) in [6.45, 7) is 0. The monoisotopic (exact) mass is 585 g/mol. The minimum atomic E-state index is -0.211. The fraction of sp³-hybridized carbons (Fsp3) is 0.0714. The van der Waals surface area contributed by atoms with E-state index in [1.165, 1.54) is 11.8 Å². The number of amides is 1. The Kier molecular flexibility index (Phi) is 6.57. The number of carbonyl (C=O) groups excluding carboxylic acids is 1. The van der Waals surface area contributed by atoms with Crippen LogP contribution in [0, 0.1) is 0 Å². The van der Waals surface area contributed by atoms with Gasteiger partial charge in [0.2, 0.25) is 5.91 Å². The number of halogens is 1. The second kappa shape index (κ2) is 10.3. The highest BCUT2D eigenvalue weighted by Gasteiger charge is 2.19. The van der Waals surface area contributed by atoms with Crippen LogP contribution in [0.2, 0.25) is 0 Å². The van der Waals surface area contributed by atoms with E-state index >= 15 is 0 Å². The van der Waals surface area contributed by atoms with E-state index < -0.39 is 0 Å². The Morgan fingerprint density at radius 1 is 1.03 bits per heavy atom. The van der Waals surface area contributed by atoms with Crippen LogP contribution in [-0.2, 0) is 4.79 Å². The zero-order valence-corrected chi connectivity index (χ0v) is 22.5. The number of methoxy groups -OCH3 is 1. The summed E-state index contributed by atoms with van der Waals surface area (Å²) in [5, 5.41) is 14.2. The van der Waals surface area contributed by atoms with Crippen molar-refractivity contribution in [3.8, 4) is 22.8 Å². The van der Waals surface area contributed by atoms with Gasteiger partial charge >= 0.3 is 0 Å². The molecule has 10 heteroatoms. The van der Waals surface area contributed by atoms with E-state index in [-0.39, 0.29) is 11.7 Å². The minimum absolute atomic E-state index is 0.114. The van der Waals surface area contributed by atoms with Crippen molar-refractivity contribution in [2.45, 2.75) is 5.16 Å². The number of ether oxygens (including phenoxy) is 1. The fourth-order valence-corrected chi connectivity index (χ4v) is 5.22. The number of benzene rings is 3. The van der Waals surface area contributed by atoms with Gasteiger partial charge in [0.05, 0.1) is 18.6 Å². The van der Waals surface area contributed by atoms with Crippen molar-refractivity contribution >= 4 is 61.2 Å². The number of rotatable bonds is 7. The van der Waals surface area contributed by atoms with Crippen molar-refractivity contribution < 1.29 is 13.9 Å². The lowest BCUT2D eigenvalue weighted by atomic mass is 10.1. The number of fused-ring (bicyclic) bond motifs is 3. The van der Waals surface area contributed by atoms with Gasteiger partial charge in [-0.3, -0.25) is 14.3 Å². The smallest absolute Gasteiger partial charge is 0.234 e. The summed E-state index contributed by atoms with van der Waals surface area (Å²) in [4.78, 5) is 17.3. The topological polar surface area (TPSA) is 95.1 Å². The highest BCUT2D eigenvalue weighted by molar-refractivity contribution is 9.10. The zero-order chi connectivity index (χ0) is 26.1. The first-order chi connectivity index (χ1) is 18.6. The molecule has 0 unspecified atom stereocenters. The van der Waals surface area contributed by atoms with Crippen LogP contribution >= 0.6 is 27.7 Å². The lowest BCUT2D eigenvalue weighted by molar-refractivity contribution is -0.113. The molecule has 0 aliphatic carbocycles. The summed E-state index contributed by atoms with van der Waals surface area (Å²) in [5.74, 6) is 1.10. The number of furan rings is 1. The molecule has 0 saturated heterocycles. The molecular formula is C28H20BrN5O3S. The van der Waals surface area contributed by atoms with Gasteiger partial charge in [0.25, 0.3) is 0 Å². The number of aromatic nitrogens is 4. The number of carbonyl (C=O) groups is 1. The highest BCUT2D eigenvalue weighted by Crippen LogP contribution is 2.36. The maximum atomic E-state index is 13.0. The predicted molar refractivity (Wildman–Crippen MR) is 152 cm³/mol. The summed E-state index contributed by atoms with van der Waals surface area (Å²) in [6, 6.07) is 23.1. The largest absolute Gasteiger partial charge is 0.495 e. The summed E-state index contributed by atoms with van der Waals surface area (Å²) < 4.78 is 14.4. The molecule has 1 amide bonds. The molecule has 1 N–H and O–H groups in total. The number of hydrogen-bond donors (Lipinski definition) is 1. The van der Waals surface area contributed by atoms with Crippen molar-refractivity contribution in [1.82, 2.24) is 19.7 Å². The van der Waals surface area contributed by atoms with E-state index in [0.29, 0.717) is 28.0 Å². The Balaban J connectivity index is 1.27. The zero-order valence-electron chi connectivity index (χ0n) is 20.1. The molecule has 3 heterocycles. The number of pyridine rings is 1. The minimum Gasteiger partial charge on any atom is -0.495 e. The number of hydrogen-bond acceptors (Lipinski definition) is 7. The van der Waals surface area contributed by atoms with Crippen LogP contribution in [0.5, 0.6) is 5.75 Å². The third-order valence-electron chi connectivity index (χ3n) is 5.94. The molecule has 0 saturated carbocycles. The van der Waals surface area contributed by atoms with E-state index in [2.05, 4.69) is 36.4 Å². The molecule has 0 aliphatic rings. The van der Waals surface area contributed by atoms with Crippen molar-refractivity contribution in [2.75, 3.05) is 18.2 Å². The Morgan fingerprint density at radius 2 is 1.87 bits per heavy atom. The Hall–Kier alpha value is -4.15. The molecule has 0 aliphatic heterocycles. The highest BCUT2D eigenvalue weighted by atomic mass is 79.9. The molecule has 188 valence electrons. The van der Waals surface area contributed by atoms with Crippen molar-refractivity contribution in [2.24, 2.45) is 0 Å². The first-order valence-electron chi connectivity index (χ1n) is 11.6. The van der Waals surface area contributed by atoms with E-state index in [9.17, 15) is 4.79 Å². The van der Waals surface area contributed by atoms with Crippen molar-refractivity contribution in [3.05, 3.63) is 89.7 Å². The molecule has 0 atom stereocenters. The Bertz CT molecular complexity index is 1770. The summed E-state index contributed by atoms with van der Waals surface area (Å²) >= 11 is 4.77. The van der Waals surface area contributed by atoms with Crippen LogP contribution < -0.4 is 10.1 Å². The average Bonchev–Trinajstić information content (AvgIpc) is 3.53. The van der Waals surface area contributed by atoms with E-state index in [0.717, 1.165) is 32.1 Å². The lowest BCUT2D eigenvalue weighted by Crippen LogP contribution is -2.15. The molecule has 0 spiro atoms. The molecule has 38 heavy (non-hydrogen) atoms. The van der Waals surface area contributed by atoms with Gasteiger partial charge in [-0.05, 0) is 48.5 Å². The van der Waals surface area contributed by atoms with Crippen LogP contribution in [0.1, 0.15) is 0 Å². The standard InChI is InChI=1S/C28H20BrN5O3S/c1-36-25-13-21-20-6-2-3-7-23(20)37-24(21)14-22(25)31-26(35)16-38-28-33-32-27(17-5-4-12-30-15-17)34(28)19-10-8-18(29)9-11-19/h2-15H,16H2,1H3,(H,31,35). The van der Waals surface area contributed by atoms with Gasteiger partial charge in [0.15, 0.2) is 11.0 Å². The van der Waals surface area contributed by atoms with Gasteiger partial charge in [-0.25, -0.2) is 0 Å². The maximum Gasteiger partial charge on any atom is 0.234 e. The average molecular weight is 586 g/mol. The molecule has 3 aromatic carbocycles. The fourth-order valence-electron chi connectivity index (χ4n) is 4.20. The van der Waals surface area contributed by atoms with Gasteiger partial charge in [0, 0.05) is 45.0 Å². The van der Waals surface area contributed by atoms with Crippen LogP contribution in [-0.4, -0.2) is 38.5 Å². The summed E-state index contributed by atoms with van der Waals surface area (Å²) in [5.41, 5.74) is 3.68. The summed E-state index contributed by atoms with van der Waals surface area (Å²) in [6.07, 6.45) is 3.45. The Labute approximate surface area is 230 Å². The molecule has 8 nitrogen and oxygen atoms in total. The van der Waals surface area contributed by atoms with Crippen LogP contribution in [0.4, 0.5) is 5.69 Å². The maximum absolute atomic E-state index is 13.0. The van der Waals surface area contributed by atoms with Gasteiger partial charge in [-0.2, -0.15) is 0 Å². The normalized spacial score (nSPS) is 11.2. The second-order valence-electron chi connectivity index (χ2n) is 8.34. The number of nitrogens with zero attached hydrogens (tertiary/aromatic N) is 4. The molecular weight excluding hydrogens is 566 g/mol. The molecule has 0 radical (unpaired) electrons. The second-order valence-corrected chi connectivity index (χ2v) is 10.2. The van der Waals surface area contributed by atoms with Gasteiger partial charge in [-0.1, -0.05) is 45.9 Å². The first-order valence-corrected chi connectivity index (χ1v) is 13.4. The molecule has 3 aromatic heterocycles. The number of anilines is 1. The van der Waals surface area contributed by atoms with Crippen LogP contribution in [0.15, 0.2) is 99.2 Å². The molecule has 6 aromatic rings. The SMILES string of the molecule is COc1cc2c(cc1NC(=O)CSc1nnc(-c3cccnc3)n1-c1ccc(Br)cc1)oc1ccccc12. The predicted octanol–water partition coefficient (Wildman–Crippen LogP) is 6.73. The van der Waals surface area contributed by atoms with E-state index in [1.54, 1.807) is 25.6 Å². The van der Waals surface area contributed by atoms with Crippen LogP contribution in [0.25, 0.3) is 39.0 Å². The third-order valence-corrected chi connectivity index (χ3v) is 7.40. The van der Waals surface area contributed by atoms with Crippen molar-refractivity contribution in [1.29, 1.82) is 0 Å². The van der Waals surface area contributed by atoms with E-state index in [4.69, 9.17) is 9.15 Å². The van der Waals surface area contributed by atoms with E-state index in [1.807, 2.05) is 71.3 Å². The van der Waals surface area contributed by atoms with Crippen LogP contribution in [0.3, 0.4) is 0 Å². The molecule has 6 rings (SSSR count). The number of thioether (sulfide) groups is 1.